The van der Waals surface area contributed by atoms with Gasteiger partial charge in [0.2, 0.25) is 5.88 Å². The fourth-order valence-corrected chi connectivity index (χ4v) is 2.13. The summed E-state index contributed by atoms with van der Waals surface area (Å²) in [7, 11) is 0. The van der Waals surface area contributed by atoms with Crippen LogP contribution < -0.4 is 4.74 Å². The number of rotatable bonds is 3. The molecule has 0 radical (unpaired) electrons. The first kappa shape index (κ1) is 15.5. The third-order valence-electron chi connectivity index (χ3n) is 3.18. The molecule has 0 N–H and O–H groups in total. The molecule has 6 nitrogen and oxygen atoms in total. The average Bonchev–Trinajstić information content (AvgIpc) is 2.85. The highest BCUT2D eigenvalue weighted by Crippen LogP contribution is 2.20. The Kier molecular flexibility index (Phi) is 4.65. The Morgan fingerprint density at radius 2 is 2.14 bits per heavy atom. The summed E-state index contributed by atoms with van der Waals surface area (Å²) in [6.07, 6.45) is 0.665. The number of nitrogens with zero attached hydrogens (tertiary/aromatic N) is 3. The number of hydrogen-bond acceptors (Lipinski definition) is 5. The zero-order chi connectivity index (χ0) is 15.5. The number of amides is 1. The van der Waals surface area contributed by atoms with Crippen LogP contribution in [0.2, 0.25) is 0 Å². The normalized spacial score (nSPS) is 18.7. The molecule has 1 saturated heterocycles. The molecule has 0 aromatic carbocycles. The van der Waals surface area contributed by atoms with Gasteiger partial charge in [-0.1, -0.05) is 0 Å². The number of aryl methyl sites for hydroxylation is 1. The fraction of sp³-hybridized carbons (Fsp3) is 0.667. The van der Waals surface area contributed by atoms with E-state index in [-0.39, 0.29) is 6.09 Å². The molecule has 1 aromatic heterocycles. The van der Waals surface area contributed by atoms with Gasteiger partial charge in [-0.05, 0) is 40.2 Å². The summed E-state index contributed by atoms with van der Waals surface area (Å²) in [5.74, 6) is 0.830. The monoisotopic (exact) mass is 293 g/mol. The Bertz CT molecular complexity index is 482. The van der Waals surface area contributed by atoms with Crippen molar-refractivity contribution < 1.29 is 14.3 Å². The van der Waals surface area contributed by atoms with Gasteiger partial charge in [0.15, 0.2) is 0 Å². The second-order valence-electron chi connectivity index (χ2n) is 6.41. The Labute approximate surface area is 125 Å². The van der Waals surface area contributed by atoms with Crippen molar-refractivity contribution in [3.8, 4) is 5.88 Å². The van der Waals surface area contributed by atoms with Gasteiger partial charge in [0.1, 0.15) is 5.60 Å². The van der Waals surface area contributed by atoms with Crippen molar-refractivity contribution in [2.45, 2.75) is 39.7 Å². The molecule has 1 aliphatic heterocycles. The highest BCUT2D eigenvalue weighted by Gasteiger charge is 2.30. The standard InChI is InChI=1S/C15H23N3O3/c1-11-5-6-13(17-16-11)20-10-12-7-8-18(9-12)14(19)21-15(2,3)4/h5-6,12H,7-10H2,1-4H3. The molecule has 1 aromatic rings. The highest BCUT2D eigenvalue weighted by atomic mass is 16.6. The summed E-state index contributed by atoms with van der Waals surface area (Å²) < 4.78 is 11.0. The van der Waals surface area contributed by atoms with Gasteiger partial charge in [0.25, 0.3) is 0 Å². The minimum atomic E-state index is -0.455. The number of likely N-dealkylation sites (tertiary alicyclic amines) is 1. The first-order valence-corrected chi connectivity index (χ1v) is 7.24. The van der Waals surface area contributed by atoms with Crippen LogP contribution in [0.3, 0.4) is 0 Å². The van der Waals surface area contributed by atoms with Crippen LogP contribution >= 0.6 is 0 Å². The van der Waals surface area contributed by atoms with Crippen molar-refractivity contribution in [2.24, 2.45) is 5.92 Å². The summed E-state index contributed by atoms with van der Waals surface area (Å²) in [6.45, 7) is 9.41. The number of ether oxygens (including phenoxy) is 2. The average molecular weight is 293 g/mol. The predicted molar refractivity (Wildman–Crippen MR) is 78.2 cm³/mol. The van der Waals surface area contributed by atoms with Crippen molar-refractivity contribution >= 4 is 6.09 Å². The van der Waals surface area contributed by atoms with Crippen LogP contribution in [0.4, 0.5) is 4.79 Å². The maximum Gasteiger partial charge on any atom is 0.410 e. The molecule has 0 spiro atoms. The van der Waals surface area contributed by atoms with Crippen LogP contribution in [0.1, 0.15) is 32.9 Å². The maximum atomic E-state index is 12.0. The smallest absolute Gasteiger partial charge is 0.410 e. The minimum absolute atomic E-state index is 0.250. The van der Waals surface area contributed by atoms with Crippen molar-refractivity contribution in [2.75, 3.05) is 19.7 Å². The summed E-state index contributed by atoms with van der Waals surface area (Å²) in [6, 6.07) is 3.67. The van der Waals surface area contributed by atoms with Gasteiger partial charge >= 0.3 is 6.09 Å². The SMILES string of the molecule is Cc1ccc(OCC2CCN(C(=O)OC(C)(C)C)C2)nn1. The molecule has 6 heteroatoms. The van der Waals surface area contributed by atoms with Gasteiger partial charge in [-0.3, -0.25) is 0 Å². The van der Waals surface area contributed by atoms with Crippen LogP contribution in [-0.4, -0.2) is 46.5 Å². The molecule has 21 heavy (non-hydrogen) atoms. The fourth-order valence-electron chi connectivity index (χ4n) is 2.13. The van der Waals surface area contributed by atoms with Crippen LogP contribution in [0.5, 0.6) is 5.88 Å². The van der Waals surface area contributed by atoms with E-state index in [2.05, 4.69) is 10.2 Å². The molecule has 1 amide bonds. The highest BCUT2D eigenvalue weighted by molar-refractivity contribution is 5.68. The zero-order valence-corrected chi connectivity index (χ0v) is 13.1. The zero-order valence-electron chi connectivity index (χ0n) is 13.1. The lowest BCUT2D eigenvalue weighted by atomic mass is 10.1. The van der Waals surface area contributed by atoms with Crippen molar-refractivity contribution in [1.29, 1.82) is 0 Å². The molecule has 0 aliphatic carbocycles. The van der Waals surface area contributed by atoms with Crippen molar-refractivity contribution in [1.82, 2.24) is 15.1 Å². The maximum absolute atomic E-state index is 12.0. The summed E-state index contributed by atoms with van der Waals surface area (Å²) in [4.78, 5) is 13.7. The van der Waals surface area contributed by atoms with E-state index in [0.29, 0.717) is 31.5 Å². The van der Waals surface area contributed by atoms with E-state index in [9.17, 15) is 4.79 Å². The molecule has 116 valence electrons. The largest absolute Gasteiger partial charge is 0.476 e. The van der Waals surface area contributed by atoms with Gasteiger partial charge in [-0.2, -0.15) is 5.10 Å². The molecule has 0 bridgehead atoms. The quantitative estimate of drug-likeness (QED) is 0.856. The molecular formula is C15H23N3O3. The molecule has 1 unspecified atom stereocenters. The van der Waals surface area contributed by atoms with Gasteiger partial charge < -0.3 is 14.4 Å². The van der Waals surface area contributed by atoms with Crippen LogP contribution in [0, 0.1) is 12.8 Å². The van der Waals surface area contributed by atoms with Crippen LogP contribution in [0.25, 0.3) is 0 Å². The number of aromatic nitrogens is 2. The Hall–Kier alpha value is -1.85. The van der Waals surface area contributed by atoms with Crippen molar-refractivity contribution in [3.05, 3.63) is 17.8 Å². The number of hydrogen-bond donors (Lipinski definition) is 0. The van der Waals surface area contributed by atoms with E-state index in [1.54, 1.807) is 4.90 Å². The summed E-state index contributed by atoms with van der Waals surface area (Å²) in [5, 5.41) is 7.91. The first-order chi connectivity index (χ1) is 9.83. The number of carbonyl (C=O) groups excluding carboxylic acids is 1. The summed E-state index contributed by atoms with van der Waals surface area (Å²) >= 11 is 0. The number of carbonyl (C=O) groups is 1. The lowest BCUT2D eigenvalue weighted by molar-refractivity contribution is 0.0284. The van der Waals surface area contributed by atoms with Crippen LogP contribution in [-0.2, 0) is 4.74 Å². The molecule has 1 fully saturated rings. The Morgan fingerprint density at radius 3 is 2.76 bits per heavy atom. The molecule has 2 rings (SSSR count). The Morgan fingerprint density at radius 1 is 1.38 bits per heavy atom. The van der Waals surface area contributed by atoms with E-state index >= 15 is 0 Å². The molecule has 0 saturated carbocycles. The second kappa shape index (κ2) is 6.28. The third kappa shape index (κ3) is 4.88. The topological polar surface area (TPSA) is 64.5 Å². The second-order valence-corrected chi connectivity index (χ2v) is 6.41. The molecule has 1 atom stereocenters. The van der Waals surface area contributed by atoms with Crippen molar-refractivity contribution in [3.63, 3.8) is 0 Å². The van der Waals surface area contributed by atoms with E-state index < -0.39 is 5.60 Å². The van der Waals surface area contributed by atoms with E-state index in [4.69, 9.17) is 9.47 Å². The van der Waals surface area contributed by atoms with E-state index in [1.807, 2.05) is 39.8 Å². The van der Waals surface area contributed by atoms with Gasteiger partial charge in [-0.25, -0.2) is 4.79 Å². The van der Waals surface area contributed by atoms with Gasteiger partial charge in [-0.15, -0.1) is 5.10 Å². The molecule has 2 heterocycles. The lowest BCUT2D eigenvalue weighted by Crippen LogP contribution is -2.35. The van der Waals surface area contributed by atoms with Crippen LogP contribution in [0.15, 0.2) is 12.1 Å². The predicted octanol–water partition coefficient (Wildman–Crippen LogP) is 2.42. The van der Waals surface area contributed by atoms with E-state index in [0.717, 1.165) is 12.1 Å². The molecular weight excluding hydrogens is 270 g/mol. The Balaban J connectivity index is 1.77. The van der Waals surface area contributed by atoms with E-state index in [1.165, 1.54) is 0 Å². The summed E-state index contributed by atoms with van der Waals surface area (Å²) in [5.41, 5.74) is 0.405. The molecule has 1 aliphatic rings. The third-order valence-corrected chi connectivity index (χ3v) is 3.18. The first-order valence-electron chi connectivity index (χ1n) is 7.24. The minimum Gasteiger partial charge on any atom is -0.476 e. The van der Waals surface area contributed by atoms with Gasteiger partial charge in [0, 0.05) is 25.1 Å². The lowest BCUT2D eigenvalue weighted by Gasteiger charge is -2.24. The van der Waals surface area contributed by atoms with Gasteiger partial charge in [0.05, 0.1) is 12.3 Å².